The molecule has 0 bridgehead atoms. The molecule has 11 heteroatoms. The van der Waals surface area contributed by atoms with Gasteiger partial charge in [0.25, 0.3) is 0 Å². The fourth-order valence-electron chi connectivity index (χ4n) is 5.18. The maximum Gasteiger partial charge on any atom is 0.232 e. The summed E-state index contributed by atoms with van der Waals surface area (Å²) >= 11 is 0. The molecule has 0 N–H and O–H groups in total. The number of fused-ring (bicyclic) bond motifs is 1. The van der Waals surface area contributed by atoms with E-state index in [2.05, 4.69) is 31.0 Å². The van der Waals surface area contributed by atoms with Crippen molar-refractivity contribution in [2.75, 3.05) is 38.2 Å². The minimum atomic E-state index is -0.566. The Bertz CT molecular complexity index is 1720. The van der Waals surface area contributed by atoms with Gasteiger partial charge in [-0.3, -0.25) is 19.2 Å². The molecule has 0 atom stereocenters. The Balaban J connectivity index is 1.25. The highest BCUT2D eigenvalue weighted by Crippen LogP contribution is 2.33. The van der Waals surface area contributed by atoms with Crippen LogP contribution in [0.1, 0.15) is 22.8 Å². The zero-order valence-electron chi connectivity index (χ0n) is 23.2. The van der Waals surface area contributed by atoms with Crippen molar-refractivity contribution >= 4 is 22.9 Å². The average molecular weight is 551 g/mol. The first-order valence-electron chi connectivity index (χ1n) is 13.4. The van der Waals surface area contributed by atoms with Crippen molar-refractivity contribution in [2.24, 2.45) is 7.05 Å². The number of rotatable bonds is 8. The van der Waals surface area contributed by atoms with E-state index in [4.69, 9.17) is 9.72 Å². The van der Waals surface area contributed by atoms with Gasteiger partial charge in [-0.15, -0.1) is 0 Å². The first kappa shape index (κ1) is 26.3. The highest BCUT2D eigenvalue weighted by atomic mass is 16.5. The summed E-state index contributed by atoms with van der Waals surface area (Å²) in [4.78, 5) is 38.5. The summed E-state index contributed by atoms with van der Waals surface area (Å²) in [7, 11) is 3.48. The van der Waals surface area contributed by atoms with Gasteiger partial charge in [0.2, 0.25) is 11.7 Å². The topological polar surface area (TPSA) is 111 Å². The number of methoxy groups -OCH3 is 1. The molecular weight excluding hydrogens is 520 g/mol. The van der Waals surface area contributed by atoms with Gasteiger partial charge in [-0.25, -0.2) is 14.5 Å². The minimum absolute atomic E-state index is 0.275. The molecule has 0 spiro atoms. The lowest BCUT2D eigenvalue weighted by atomic mass is 9.99. The number of hydrogen-bond donors (Lipinski definition) is 0. The maximum atomic E-state index is 12.7. The van der Waals surface area contributed by atoms with Crippen LogP contribution in [-0.2, 0) is 18.4 Å². The lowest BCUT2D eigenvalue weighted by Crippen LogP contribution is -2.46. The number of anilines is 1. The van der Waals surface area contributed by atoms with Crippen LogP contribution in [0.4, 0.5) is 5.82 Å². The van der Waals surface area contributed by atoms with E-state index in [0.717, 1.165) is 66.4 Å². The molecule has 0 aliphatic carbocycles. The van der Waals surface area contributed by atoms with Gasteiger partial charge in [-0.05, 0) is 23.8 Å². The van der Waals surface area contributed by atoms with E-state index < -0.39 is 11.6 Å². The second-order valence-corrected chi connectivity index (χ2v) is 10.2. The molecule has 1 saturated heterocycles. The molecule has 11 nitrogen and oxygen atoms in total. The summed E-state index contributed by atoms with van der Waals surface area (Å²) in [6.45, 7) is 5.66. The van der Waals surface area contributed by atoms with Crippen molar-refractivity contribution in [1.29, 1.82) is 0 Å². The largest absolute Gasteiger partial charge is 0.481 e. The molecule has 0 aromatic carbocycles. The first-order valence-corrected chi connectivity index (χ1v) is 13.4. The predicted molar refractivity (Wildman–Crippen MR) is 154 cm³/mol. The summed E-state index contributed by atoms with van der Waals surface area (Å²) < 4.78 is 8.54. The van der Waals surface area contributed by atoms with Gasteiger partial charge in [0.05, 0.1) is 30.6 Å². The molecule has 1 fully saturated rings. The number of hydrogen-bond acceptors (Lipinski definition) is 9. The Hall–Kier alpha value is -4.90. The van der Waals surface area contributed by atoms with Crippen LogP contribution in [0.15, 0.2) is 67.5 Å². The lowest BCUT2D eigenvalue weighted by molar-refractivity contribution is -0.113. The quantitative estimate of drug-likeness (QED) is 0.212. The molecule has 6 rings (SSSR count). The van der Waals surface area contributed by atoms with Gasteiger partial charge in [-0.2, -0.15) is 10.2 Å². The Labute approximate surface area is 237 Å². The van der Waals surface area contributed by atoms with E-state index in [-0.39, 0.29) is 5.56 Å². The number of carbonyl (C=O) groups is 2. The summed E-state index contributed by atoms with van der Waals surface area (Å²) in [5, 5.41) is 8.70. The van der Waals surface area contributed by atoms with E-state index in [9.17, 15) is 9.59 Å². The normalized spacial score (nSPS) is 14.0. The van der Waals surface area contributed by atoms with Crippen LogP contribution in [0.5, 0.6) is 5.88 Å². The highest BCUT2D eigenvalue weighted by molar-refractivity contribution is 6.44. The van der Waals surface area contributed by atoms with Gasteiger partial charge >= 0.3 is 0 Å². The maximum absolute atomic E-state index is 12.7. The minimum Gasteiger partial charge on any atom is -0.481 e. The fourth-order valence-corrected chi connectivity index (χ4v) is 5.18. The van der Waals surface area contributed by atoms with Crippen molar-refractivity contribution in [2.45, 2.75) is 13.5 Å². The number of nitrogens with zero attached hydrogens (tertiary/aromatic N) is 8. The monoisotopic (exact) mass is 550 g/mol. The smallest absolute Gasteiger partial charge is 0.232 e. The van der Waals surface area contributed by atoms with Gasteiger partial charge in [0, 0.05) is 99.8 Å². The van der Waals surface area contributed by atoms with E-state index >= 15 is 0 Å². The van der Waals surface area contributed by atoms with Crippen molar-refractivity contribution in [3.8, 4) is 28.1 Å². The Morgan fingerprint density at radius 2 is 1.71 bits per heavy atom. The molecule has 5 aromatic rings. The van der Waals surface area contributed by atoms with Crippen LogP contribution >= 0.6 is 0 Å². The second-order valence-electron chi connectivity index (χ2n) is 10.2. The zero-order valence-corrected chi connectivity index (χ0v) is 23.2. The summed E-state index contributed by atoms with van der Waals surface area (Å²) in [6.07, 6.45) is 10.7. The van der Waals surface area contributed by atoms with E-state index in [0.29, 0.717) is 11.4 Å². The molecule has 208 valence electrons. The summed E-state index contributed by atoms with van der Waals surface area (Å²) in [6, 6.07) is 9.95. The van der Waals surface area contributed by atoms with Crippen LogP contribution in [0, 0.1) is 0 Å². The van der Waals surface area contributed by atoms with Gasteiger partial charge < -0.3 is 9.64 Å². The van der Waals surface area contributed by atoms with Crippen molar-refractivity contribution in [1.82, 2.24) is 34.3 Å². The third-order valence-electron chi connectivity index (χ3n) is 7.38. The Morgan fingerprint density at radius 1 is 0.878 bits per heavy atom. The highest BCUT2D eigenvalue weighted by Gasteiger charge is 2.22. The average Bonchev–Trinajstić information content (AvgIpc) is 3.63. The number of piperazine rings is 1. The number of ether oxygens (including phenoxy) is 1. The van der Waals surface area contributed by atoms with Crippen LogP contribution in [-0.4, -0.2) is 79.1 Å². The van der Waals surface area contributed by atoms with Crippen LogP contribution in [0.2, 0.25) is 0 Å². The third-order valence-corrected chi connectivity index (χ3v) is 7.38. The Morgan fingerprint density at radius 3 is 2.34 bits per heavy atom. The number of pyridine rings is 3. The molecule has 1 aliphatic rings. The van der Waals surface area contributed by atoms with Gasteiger partial charge in [0.15, 0.2) is 5.78 Å². The summed E-state index contributed by atoms with van der Waals surface area (Å²) in [5.74, 6) is 0.418. The predicted octanol–water partition coefficient (Wildman–Crippen LogP) is 3.29. The number of ketones is 2. The summed E-state index contributed by atoms with van der Waals surface area (Å²) in [5.41, 5.74) is 5.41. The lowest BCUT2D eigenvalue weighted by Gasteiger charge is -2.35. The van der Waals surface area contributed by atoms with Crippen molar-refractivity contribution < 1.29 is 14.3 Å². The molecule has 0 amide bonds. The molecule has 0 radical (unpaired) electrons. The fraction of sp³-hybridized carbons (Fsp3) is 0.267. The van der Waals surface area contributed by atoms with E-state index in [1.165, 1.54) is 13.1 Å². The molecule has 1 aliphatic heterocycles. The van der Waals surface area contributed by atoms with Gasteiger partial charge in [0.1, 0.15) is 5.82 Å². The molecule has 0 saturated carbocycles. The molecule has 0 unspecified atom stereocenters. The molecule has 41 heavy (non-hydrogen) atoms. The Kier molecular flexibility index (Phi) is 7.02. The van der Waals surface area contributed by atoms with Crippen LogP contribution in [0.3, 0.4) is 0 Å². The zero-order chi connectivity index (χ0) is 28.5. The first-order chi connectivity index (χ1) is 19.9. The third kappa shape index (κ3) is 5.31. The number of aryl methyl sites for hydroxylation is 1. The number of Topliss-reactive ketones (excluding diaryl/α,β-unsaturated/α-hetero) is 2. The van der Waals surface area contributed by atoms with Crippen LogP contribution in [0.25, 0.3) is 27.8 Å². The number of carbonyl (C=O) groups excluding carboxylic acids is 2. The molecule has 6 heterocycles. The van der Waals surface area contributed by atoms with E-state index in [1.807, 2.05) is 56.1 Å². The second kappa shape index (κ2) is 10.9. The standard InChI is InChI=1S/C30H30N8O3/c1-20(39)30(40)26-16-34-38-19-23(24-15-33-35(2)18-24)12-25(29(26)38)22-5-6-27(31-14-22)37-10-8-36(9-11-37)17-21-4-7-28(41-3)32-13-21/h4-7,12-16,18-19H,8-11,17H2,1-3H3. The molecule has 5 aromatic heterocycles. The van der Waals surface area contributed by atoms with Crippen molar-refractivity contribution in [3.63, 3.8) is 0 Å². The van der Waals surface area contributed by atoms with E-state index in [1.54, 1.807) is 22.5 Å². The number of aromatic nitrogens is 6. The van der Waals surface area contributed by atoms with Crippen molar-refractivity contribution in [3.05, 3.63) is 78.6 Å². The SMILES string of the molecule is COc1ccc(CN2CCN(c3ccc(-c4cc(-c5cnn(C)c5)cn5ncc(C(=O)C(C)=O)c45)cn3)CC2)cn1. The van der Waals surface area contributed by atoms with Gasteiger partial charge in [-0.1, -0.05) is 6.07 Å². The molecular formula is C30H30N8O3. The van der Waals surface area contributed by atoms with Crippen LogP contribution < -0.4 is 9.64 Å².